The number of carbonyl (C=O) groups is 4. The van der Waals surface area contributed by atoms with Gasteiger partial charge >= 0.3 is 6.03 Å². The topological polar surface area (TPSA) is 173 Å². The molecule has 0 spiro atoms. The number of nitrogens with one attached hydrogen (secondary N) is 3. The highest BCUT2D eigenvalue weighted by molar-refractivity contribution is 6.34. The lowest BCUT2D eigenvalue weighted by molar-refractivity contribution is -0.129. The van der Waals surface area contributed by atoms with Crippen LogP contribution in [-0.2, 0) is 22.2 Å². The van der Waals surface area contributed by atoms with Crippen molar-refractivity contribution < 1.29 is 37.4 Å². The van der Waals surface area contributed by atoms with Crippen LogP contribution in [0.15, 0.2) is 66.7 Å². The summed E-state index contributed by atoms with van der Waals surface area (Å²) in [4.78, 5) is 55.3. The Balaban J connectivity index is 0.698. The highest BCUT2D eigenvalue weighted by atomic mass is 35.5. The minimum absolute atomic E-state index is 0.00159. The second-order valence-electron chi connectivity index (χ2n) is 21.5. The van der Waals surface area contributed by atoms with Crippen molar-refractivity contribution >= 4 is 52.1 Å². The van der Waals surface area contributed by atoms with Crippen molar-refractivity contribution in [1.29, 1.82) is 0 Å². The predicted molar refractivity (Wildman–Crippen MR) is 274 cm³/mol. The maximum Gasteiger partial charge on any atom is 0.329 e. The third-order valence-corrected chi connectivity index (χ3v) is 17.9. The Labute approximate surface area is 428 Å². The zero-order chi connectivity index (χ0) is 50.9. The summed E-state index contributed by atoms with van der Waals surface area (Å²) in [7, 11) is 3.20. The van der Waals surface area contributed by atoms with Crippen LogP contribution in [0.2, 0.25) is 5.02 Å². The van der Waals surface area contributed by atoms with E-state index in [1.54, 1.807) is 4.90 Å². The van der Waals surface area contributed by atoms with Crippen molar-refractivity contribution in [2.24, 2.45) is 36.5 Å². The zero-order valence-corrected chi connectivity index (χ0v) is 42.3. The molecule has 384 valence electrons. The van der Waals surface area contributed by atoms with Crippen LogP contribution in [0, 0.1) is 35.3 Å². The van der Waals surface area contributed by atoms with Crippen molar-refractivity contribution in [2.75, 3.05) is 44.7 Å². The van der Waals surface area contributed by atoms with Gasteiger partial charge in [0.15, 0.2) is 23.0 Å². The number of aryl methyl sites for hydroxylation is 1. The van der Waals surface area contributed by atoms with Gasteiger partial charge in [-0.25, -0.2) is 13.6 Å². The van der Waals surface area contributed by atoms with E-state index in [0.717, 1.165) is 87.0 Å². The number of hydrogen-bond acceptors (Lipinski definition) is 9. The Kier molecular flexibility index (Phi) is 13.2. The second kappa shape index (κ2) is 19.6. The number of imide groups is 1. The number of piperidine rings is 1. The van der Waals surface area contributed by atoms with E-state index < -0.39 is 35.1 Å². The number of urea groups is 1. The normalized spacial score (nSPS) is 27.3. The van der Waals surface area contributed by atoms with E-state index in [0.29, 0.717) is 42.2 Å². The fourth-order valence-corrected chi connectivity index (χ4v) is 13.6. The standard InChI is InChI=1S/C56H63ClF2N8O6/c1-30-47-45(27-41(58)50(57)49(47)48-40(52(60)69)15-16-44(72-3)51(48)59)73-56(30,37-7-5-4-6-8-37)29-61-38-12-9-32(10-13-38)54(70)62-42-25-36(34-23-35(42)24-34)28-66-20-17-31(18-21-66)33-11-14-39-43(26-33)65(2)64-53(39)67-22-19-46(68)63-55(67)71/h4-8,11,14-16,26-27,30-32,34-36,38,42,61H,9-10,12-13,17-25,28-29H2,1-3H3,(H2,60,69)(H,62,70)(H,63,68,71)/t30?,32?,34?,35?,36-,38?,42-,56?/m1/s1. The summed E-state index contributed by atoms with van der Waals surface area (Å²) in [6, 6.07) is 19.9. The van der Waals surface area contributed by atoms with Crippen LogP contribution in [0.4, 0.5) is 19.4 Å². The van der Waals surface area contributed by atoms with Crippen LogP contribution in [0.25, 0.3) is 22.0 Å². The van der Waals surface area contributed by atoms with Gasteiger partial charge in [0.2, 0.25) is 17.7 Å². The molecule has 2 saturated heterocycles. The number of primary amides is 1. The molecule has 17 heteroatoms. The molecule has 4 heterocycles. The zero-order valence-electron chi connectivity index (χ0n) is 41.5. The lowest BCUT2D eigenvalue weighted by Gasteiger charge is -2.53. The van der Waals surface area contributed by atoms with E-state index in [1.165, 1.54) is 43.7 Å². The molecular weight excluding hydrogens is 954 g/mol. The Morgan fingerprint density at radius 1 is 0.945 bits per heavy atom. The van der Waals surface area contributed by atoms with Crippen LogP contribution in [0.3, 0.4) is 0 Å². The van der Waals surface area contributed by atoms with Crippen LogP contribution in [0.5, 0.6) is 11.5 Å². The molecule has 14 nitrogen and oxygen atoms in total. The SMILES string of the molecule is COc1ccc(C(N)=O)c(-c2c(Cl)c(F)cc3c2C(C)C(CNC2CCC(C(=O)N[C@@H]4C[C@H](CN5CCC(c6ccc7c(N8CCC(=O)NC8=O)nn(C)c7c6)CC5)C5CC4C5)CC2)(c2ccccc2)O3)c1F. The first kappa shape index (κ1) is 49.1. The van der Waals surface area contributed by atoms with Gasteiger partial charge in [0.25, 0.3) is 0 Å². The summed E-state index contributed by atoms with van der Waals surface area (Å²) in [5.41, 5.74) is 7.84. The highest BCUT2D eigenvalue weighted by Crippen LogP contribution is 2.57. The van der Waals surface area contributed by atoms with E-state index in [9.17, 15) is 19.2 Å². The number of likely N-dealkylation sites (tertiary alicyclic amines) is 1. The lowest BCUT2D eigenvalue weighted by Crippen LogP contribution is -2.56. The van der Waals surface area contributed by atoms with Crippen molar-refractivity contribution in [2.45, 2.75) is 101 Å². The number of halogens is 3. The van der Waals surface area contributed by atoms with Crippen LogP contribution in [0.1, 0.15) is 110 Å². The van der Waals surface area contributed by atoms with Gasteiger partial charge in [-0.15, -0.1) is 0 Å². The Morgan fingerprint density at radius 2 is 1.70 bits per heavy atom. The molecule has 4 aromatic carbocycles. The Hall–Kier alpha value is -6.10. The van der Waals surface area contributed by atoms with Gasteiger partial charge in [0.1, 0.15) is 11.6 Å². The maximum atomic E-state index is 16.3. The Morgan fingerprint density at radius 3 is 2.41 bits per heavy atom. The fraction of sp³-hybridized carbons (Fsp3) is 0.482. The fourth-order valence-electron chi connectivity index (χ4n) is 13.3. The number of rotatable bonds is 13. The van der Waals surface area contributed by atoms with Gasteiger partial charge in [0.05, 0.1) is 23.2 Å². The summed E-state index contributed by atoms with van der Waals surface area (Å²) in [5, 5.41) is 15.0. The number of amides is 5. The van der Waals surface area contributed by atoms with Crippen molar-refractivity contribution in [3.8, 4) is 22.6 Å². The molecule has 3 aliphatic heterocycles. The molecule has 4 atom stereocenters. The quantitative estimate of drug-likeness (QED) is 0.0901. The number of benzene rings is 4. The first-order chi connectivity index (χ1) is 35.2. The van der Waals surface area contributed by atoms with E-state index in [2.05, 4.69) is 44.1 Å². The molecule has 7 aliphatic rings. The monoisotopic (exact) mass is 1020 g/mol. The summed E-state index contributed by atoms with van der Waals surface area (Å²) in [5.74, 6) is -0.403. The number of nitrogens with two attached hydrogens (primary N) is 1. The molecule has 2 bridgehead atoms. The van der Waals surface area contributed by atoms with Gasteiger partial charge in [-0.1, -0.05) is 54.9 Å². The minimum atomic E-state index is -1.07. The molecule has 5 amide bonds. The molecular formula is C56H63ClF2N8O6. The predicted octanol–water partition coefficient (Wildman–Crippen LogP) is 8.68. The van der Waals surface area contributed by atoms with Crippen molar-refractivity contribution in [1.82, 2.24) is 30.6 Å². The minimum Gasteiger partial charge on any atom is -0.494 e. The molecule has 2 unspecified atom stereocenters. The van der Waals surface area contributed by atoms with Crippen LogP contribution >= 0.6 is 11.6 Å². The largest absolute Gasteiger partial charge is 0.494 e. The third-order valence-electron chi connectivity index (χ3n) is 17.6. The van der Waals surface area contributed by atoms with E-state index in [4.69, 9.17) is 26.8 Å². The average molecular weight is 1020 g/mol. The number of aromatic nitrogens is 2. The van der Waals surface area contributed by atoms with Crippen LogP contribution in [-0.4, -0.2) is 90.4 Å². The lowest BCUT2D eigenvalue weighted by atomic mass is 9.57. The maximum absolute atomic E-state index is 16.3. The Bertz CT molecular complexity index is 2990. The molecule has 12 rings (SSSR count). The summed E-state index contributed by atoms with van der Waals surface area (Å²) >= 11 is 6.72. The number of fused-ring (bicyclic) bond motifs is 4. The van der Waals surface area contributed by atoms with Gasteiger partial charge in [0, 0.05) is 85.2 Å². The van der Waals surface area contributed by atoms with Crippen molar-refractivity contribution in [3.63, 3.8) is 0 Å². The summed E-state index contributed by atoms with van der Waals surface area (Å²) in [6.07, 6.45) is 8.85. The number of nitrogens with zero attached hydrogens (tertiary/aromatic N) is 4. The molecule has 5 aromatic rings. The van der Waals surface area contributed by atoms with E-state index in [-0.39, 0.29) is 69.4 Å². The summed E-state index contributed by atoms with van der Waals surface area (Å²) in [6.45, 7) is 5.70. The van der Waals surface area contributed by atoms with E-state index in [1.807, 2.05) is 49.0 Å². The molecule has 0 radical (unpaired) electrons. The summed E-state index contributed by atoms with van der Waals surface area (Å²) < 4.78 is 46.0. The number of carbonyl (C=O) groups excluding carboxylic acids is 4. The van der Waals surface area contributed by atoms with Gasteiger partial charge in [-0.3, -0.25) is 29.3 Å². The molecule has 4 saturated carbocycles. The number of methoxy groups -OCH3 is 1. The highest BCUT2D eigenvalue weighted by Gasteiger charge is 2.51. The number of anilines is 1. The van der Waals surface area contributed by atoms with Gasteiger partial charge < -0.3 is 30.7 Å². The van der Waals surface area contributed by atoms with Crippen molar-refractivity contribution in [3.05, 3.63) is 106 Å². The average Bonchev–Trinajstić information content (AvgIpc) is 3.85. The third kappa shape index (κ3) is 8.90. The second-order valence-corrected chi connectivity index (χ2v) is 21.9. The first-order valence-corrected chi connectivity index (χ1v) is 26.4. The number of ether oxygens (including phenoxy) is 2. The van der Waals surface area contributed by atoms with Crippen LogP contribution < -0.4 is 36.1 Å². The molecule has 5 N–H and O–H groups in total. The van der Waals surface area contributed by atoms with Gasteiger partial charge in [-0.05, 0) is 130 Å². The molecule has 73 heavy (non-hydrogen) atoms. The molecule has 6 fully saturated rings. The molecule has 4 aliphatic carbocycles. The molecule has 1 aromatic heterocycles. The van der Waals surface area contributed by atoms with Gasteiger partial charge in [-0.2, -0.15) is 5.10 Å². The smallest absolute Gasteiger partial charge is 0.329 e. The number of hydrogen-bond donors (Lipinski definition) is 4. The first-order valence-electron chi connectivity index (χ1n) is 26.0. The van der Waals surface area contributed by atoms with E-state index >= 15 is 8.78 Å².